The van der Waals surface area contributed by atoms with E-state index in [4.69, 9.17) is 0 Å². The maximum absolute atomic E-state index is 3.97. The lowest BCUT2D eigenvalue weighted by molar-refractivity contribution is -0.810. The molecule has 48 heavy (non-hydrogen) atoms. The third kappa shape index (κ3) is 11.7. The van der Waals surface area contributed by atoms with Crippen LogP contribution < -0.4 is 0 Å². The molecule has 0 aromatic heterocycles. The second-order valence-electron chi connectivity index (χ2n) is 12.6. The molecule has 1 heterocycles. The Bertz CT molecular complexity index is 1690. The summed E-state index contributed by atoms with van der Waals surface area (Å²) in [6.45, 7) is 24.8. The van der Waals surface area contributed by atoms with Crippen molar-refractivity contribution in [1.82, 2.24) is 0 Å². The van der Waals surface area contributed by atoms with Crippen LogP contribution in [0.25, 0.3) is 11.1 Å². The largest absolute Gasteiger partial charge is 0.267 e. The number of hydrogen-bond acceptors (Lipinski definition) is 0. The summed E-state index contributed by atoms with van der Waals surface area (Å²) in [4.78, 5) is 0. The Morgan fingerprint density at radius 3 is 1.77 bits per heavy atom. The standard InChI is InChI=1S/C19H24N.C16H16.C10H14.C2H6/c1-7-14(2)19-13-17(12-16(4)20(19,5)6)18-11-9-8-10-15(18)3;1-13(2)16-10-6-9-15(12-16)11-14-7-4-3-5-8-14;1-3-9-6-5-7-10(4-2)8-9;1-2/h7-13H,1H2,2-6H3;3-10,12H,1,11H2,2H3;5-8H,3-4H2,1-2H3;1-2H3/q+1;;;/b19-14-;;;. The molecule has 1 nitrogen and oxygen atoms in total. The molecule has 0 radical (unpaired) electrons. The molecule has 1 heteroatoms. The Kier molecular flexibility index (Phi) is 16.6. The minimum Gasteiger partial charge on any atom is -0.267 e. The fourth-order valence-corrected chi connectivity index (χ4v) is 5.49. The Hall–Kier alpha value is -4.46. The highest BCUT2D eigenvalue weighted by Gasteiger charge is 2.29. The number of aryl methyl sites for hydroxylation is 3. The maximum Gasteiger partial charge on any atom is 0.140 e. The van der Waals surface area contributed by atoms with Crippen LogP contribution in [0, 0.1) is 6.92 Å². The third-order valence-corrected chi connectivity index (χ3v) is 8.79. The van der Waals surface area contributed by atoms with Crippen molar-refractivity contribution in [3.8, 4) is 0 Å². The van der Waals surface area contributed by atoms with E-state index in [1.807, 2.05) is 32.9 Å². The van der Waals surface area contributed by atoms with Crippen LogP contribution in [-0.4, -0.2) is 18.6 Å². The summed E-state index contributed by atoms with van der Waals surface area (Å²) >= 11 is 0. The molecule has 4 aromatic rings. The van der Waals surface area contributed by atoms with Gasteiger partial charge >= 0.3 is 0 Å². The van der Waals surface area contributed by atoms with Gasteiger partial charge < -0.3 is 0 Å². The SMILES string of the molecule is C=C(C)c1cccc(Cc2ccccc2)c1.C=C/C(C)=C1/C=C(c2ccccc2C)C=C(C)[N+]1(C)C.CC.CCc1cccc(CC)c1. The molecular weight excluding hydrogens is 579 g/mol. The Morgan fingerprint density at radius 2 is 1.21 bits per heavy atom. The molecule has 0 fully saturated rings. The van der Waals surface area contributed by atoms with E-state index < -0.39 is 0 Å². The minimum atomic E-state index is 0.785. The van der Waals surface area contributed by atoms with Crippen LogP contribution in [0.5, 0.6) is 0 Å². The highest BCUT2D eigenvalue weighted by molar-refractivity contribution is 5.79. The van der Waals surface area contributed by atoms with Crippen LogP contribution in [0.15, 0.2) is 151 Å². The third-order valence-electron chi connectivity index (χ3n) is 8.79. The zero-order valence-electron chi connectivity index (χ0n) is 31.5. The molecule has 0 atom stereocenters. The van der Waals surface area contributed by atoms with E-state index in [1.165, 1.54) is 61.5 Å². The first-order valence-corrected chi connectivity index (χ1v) is 17.5. The molecule has 0 amide bonds. The van der Waals surface area contributed by atoms with Gasteiger partial charge in [0.2, 0.25) is 0 Å². The summed E-state index contributed by atoms with van der Waals surface area (Å²) in [5.41, 5.74) is 15.7. The molecule has 0 unspecified atom stereocenters. The summed E-state index contributed by atoms with van der Waals surface area (Å²) in [6.07, 6.45) is 9.82. The number of hydrogen-bond donors (Lipinski definition) is 0. The Balaban J connectivity index is 0.000000256. The molecule has 252 valence electrons. The molecule has 0 saturated heterocycles. The van der Waals surface area contributed by atoms with E-state index >= 15 is 0 Å². The van der Waals surface area contributed by atoms with Crippen molar-refractivity contribution in [2.24, 2.45) is 0 Å². The molecule has 4 aromatic carbocycles. The number of nitrogens with zero attached hydrogens (tertiary/aromatic N) is 1. The van der Waals surface area contributed by atoms with Gasteiger partial charge in [-0.15, -0.1) is 0 Å². The van der Waals surface area contributed by atoms with E-state index in [1.54, 1.807) is 0 Å². The lowest BCUT2D eigenvalue weighted by Gasteiger charge is -2.35. The van der Waals surface area contributed by atoms with Gasteiger partial charge in [-0.25, -0.2) is 0 Å². The fourth-order valence-electron chi connectivity index (χ4n) is 5.49. The van der Waals surface area contributed by atoms with Crippen LogP contribution in [0.1, 0.15) is 87.4 Å². The van der Waals surface area contributed by atoms with Crippen LogP contribution in [-0.2, 0) is 19.3 Å². The van der Waals surface area contributed by atoms with Crippen molar-refractivity contribution in [1.29, 1.82) is 0 Å². The molecule has 1 aliphatic rings. The molecule has 0 bridgehead atoms. The van der Waals surface area contributed by atoms with Crippen molar-refractivity contribution in [3.05, 3.63) is 190 Å². The molecule has 0 N–H and O–H groups in total. The van der Waals surface area contributed by atoms with Gasteiger partial charge in [-0.1, -0.05) is 156 Å². The monoisotopic (exact) mass is 638 g/mol. The molecular formula is C47H60N+. The molecule has 0 spiro atoms. The zero-order chi connectivity index (χ0) is 35.7. The molecule has 5 rings (SSSR count). The first-order chi connectivity index (χ1) is 23.0. The summed E-state index contributed by atoms with van der Waals surface area (Å²) in [7, 11) is 4.44. The van der Waals surface area contributed by atoms with E-state index in [-0.39, 0.29) is 0 Å². The van der Waals surface area contributed by atoms with Crippen LogP contribution >= 0.6 is 0 Å². The van der Waals surface area contributed by atoms with Gasteiger partial charge in [0.1, 0.15) is 11.4 Å². The van der Waals surface area contributed by atoms with Gasteiger partial charge in [-0.05, 0) is 84.6 Å². The van der Waals surface area contributed by atoms with Crippen LogP contribution in [0.2, 0.25) is 0 Å². The number of allylic oxidation sites excluding steroid dienone is 7. The summed E-state index contributed by atoms with van der Waals surface area (Å²) in [5, 5.41) is 0. The first kappa shape index (κ1) is 39.7. The van der Waals surface area contributed by atoms with Crippen molar-refractivity contribution in [2.75, 3.05) is 14.1 Å². The number of likely N-dealkylation sites (N-methyl/N-ethyl adjacent to an activating group) is 1. The van der Waals surface area contributed by atoms with E-state index in [9.17, 15) is 0 Å². The van der Waals surface area contributed by atoms with Crippen LogP contribution in [0.4, 0.5) is 0 Å². The average Bonchev–Trinajstić information content (AvgIpc) is 3.11. The highest BCUT2D eigenvalue weighted by Crippen LogP contribution is 2.35. The second-order valence-corrected chi connectivity index (χ2v) is 12.6. The van der Waals surface area contributed by atoms with Crippen molar-refractivity contribution in [2.45, 2.75) is 74.7 Å². The topological polar surface area (TPSA) is 0 Å². The molecule has 0 aliphatic carbocycles. The fraction of sp³-hybridized carbons (Fsp3) is 0.277. The van der Waals surface area contributed by atoms with Crippen molar-refractivity contribution in [3.63, 3.8) is 0 Å². The first-order valence-electron chi connectivity index (χ1n) is 17.5. The Morgan fingerprint density at radius 1 is 0.667 bits per heavy atom. The predicted octanol–water partition coefficient (Wildman–Crippen LogP) is 13.0. The lowest BCUT2D eigenvalue weighted by atomic mass is 9.94. The number of quaternary nitrogens is 1. The molecule has 1 aliphatic heterocycles. The van der Waals surface area contributed by atoms with Gasteiger partial charge in [-0.2, -0.15) is 0 Å². The van der Waals surface area contributed by atoms with Crippen molar-refractivity contribution >= 4 is 11.1 Å². The lowest BCUT2D eigenvalue weighted by Crippen LogP contribution is -2.38. The number of benzene rings is 4. The van der Waals surface area contributed by atoms with Crippen LogP contribution in [0.3, 0.4) is 0 Å². The smallest absolute Gasteiger partial charge is 0.140 e. The van der Waals surface area contributed by atoms with E-state index in [0.29, 0.717) is 0 Å². The summed E-state index contributed by atoms with van der Waals surface area (Å²) in [5.74, 6) is 0. The van der Waals surface area contributed by atoms with Crippen molar-refractivity contribution < 1.29 is 4.48 Å². The van der Waals surface area contributed by atoms with Gasteiger partial charge in [0.25, 0.3) is 0 Å². The van der Waals surface area contributed by atoms with Gasteiger partial charge in [0.05, 0.1) is 14.1 Å². The van der Waals surface area contributed by atoms with Gasteiger partial charge in [0, 0.05) is 24.6 Å². The minimum absolute atomic E-state index is 0.785. The van der Waals surface area contributed by atoms with Gasteiger partial charge in [-0.3, -0.25) is 4.48 Å². The summed E-state index contributed by atoms with van der Waals surface area (Å²) < 4.78 is 0.785. The average molecular weight is 639 g/mol. The maximum atomic E-state index is 3.97. The van der Waals surface area contributed by atoms with E-state index in [0.717, 1.165) is 29.3 Å². The zero-order valence-corrected chi connectivity index (χ0v) is 31.5. The Labute approximate surface area is 294 Å². The summed E-state index contributed by atoms with van der Waals surface area (Å²) in [6, 6.07) is 36.4. The highest BCUT2D eigenvalue weighted by atomic mass is 15.3. The second kappa shape index (κ2) is 20.0. The quantitative estimate of drug-likeness (QED) is 0.177. The number of rotatable bonds is 7. The predicted molar refractivity (Wildman–Crippen MR) is 215 cm³/mol. The van der Waals surface area contributed by atoms with Gasteiger partial charge in [0.15, 0.2) is 0 Å². The molecule has 0 saturated carbocycles. The normalized spacial score (nSPS) is 13.9. The van der Waals surface area contributed by atoms with E-state index in [2.05, 4.69) is 171 Å².